The molecule has 4 heterocycles. The third kappa shape index (κ3) is 1.99. The van der Waals surface area contributed by atoms with Gasteiger partial charge in [0.1, 0.15) is 12.0 Å². The van der Waals surface area contributed by atoms with Gasteiger partial charge in [0.15, 0.2) is 0 Å². The molecule has 0 bridgehead atoms. The Morgan fingerprint density at radius 2 is 1.95 bits per heavy atom. The van der Waals surface area contributed by atoms with Crippen molar-refractivity contribution in [2.24, 2.45) is 0 Å². The molecule has 0 unspecified atom stereocenters. The first kappa shape index (κ1) is 12.5. The molecule has 3 aromatic heterocycles. The lowest BCUT2D eigenvalue weighted by Crippen LogP contribution is -2.38. The number of hydrogen-bond donors (Lipinski definition) is 3. The molecular weight excluding hydrogens is 280 g/mol. The number of aromatic nitrogens is 4. The number of fused-ring (bicyclic) bond motifs is 1. The van der Waals surface area contributed by atoms with E-state index in [0.717, 1.165) is 16.8 Å². The second-order valence-corrected chi connectivity index (χ2v) is 4.89. The van der Waals surface area contributed by atoms with Crippen molar-refractivity contribution >= 4 is 11.7 Å². The molecule has 3 N–H and O–H groups in total. The van der Waals surface area contributed by atoms with E-state index < -0.39 is 6.17 Å². The molecule has 0 aliphatic carbocycles. The minimum Gasteiger partial charge on any atom is -0.345 e. The van der Waals surface area contributed by atoms with Gasteiger partial charge in [0.25, 0.3) is 5.91 Å². The number of amides is 1. The summed E-state index contributed by atoms with van der Waals surface area (Å²) in [7, 11) is 0. The number of nitrogens with zero attached hydrogens (tertiary/aromatic N) is 3. The second-order valence-electron chi connectivity index (χ2n) is 4.89. The summed E-state index contributed by atoms with van der Waals surface area (Å²) in [5.41, 5.74) is 3.07. The summed E-state index contributed by atoms with van der Waals surface area (Å²) in [4.78, 5) is 20.5. The number of H-pyrrole nitrogens is 1. The molecule has 1 amide bonds. The average molecular weight is 292 g/mol. The third-order valence-corrected chi connectivity index (χ3v) is 3.54. The van der Waals surface area contributed by atoms with Gasteiger partial charge in [-0.25, -0.2) is 4.98 Å². The summed E-state index contributed by atoms with van der Waals surface area (Å²) in [5, 5.41) is 13.2. The Morgan fingerprint density at radius 1 is 1.05 bits per heavy atom. The van der Waals surface area contributed by atoms with Crippen molar-refractivity contribution < 1.29 is 4.79 Å². The molecule has 0 saturated carbocycles. The predicted octanol–water partition coefficient (Wildman–Crippen LogP) is 1.72. The van der Waals surface area contributed by atoms with Gasteiger partial charge in [-0.05, 0) is 24.3 Å². The Hall–Kier alpha value is -3.22. The second kappa shape index (κ2) is 4.96. The number of hydrogen-bond acceptors (Lipinski definition) is 5. The third-order valence-electron chi connectivity index (χ3n) is 3.54. The van der Waals surface area contributed by atoms with E-state index >= 15 is 0 Å². The lowest BCUT2D eigenvalue weighted by molar-refractivity contribution is 0.0935. The van der Waals surface area contributed by atoms with Gasteiger partial charge in [0.2, 0.25) is 0 Å². The van der Waals surface area contributed by atoms with Gasteiger partial charge in [0.05, 0.1) is 17.5 Å². The molecule has 22 heavy (non-hydrogen) atoms. The molecule has 0 radical (unpaired) electrons. The van der Waals surface area contributed by atoms with Crippen LogP contribution in [0.25, 0.3) is 11.3 Å². The highest BCUT2D eigenvalue weighted by atomic mass is 16.2. The molecule has 3 aromatic rings. The Balaban J connectivity index is 1.73. The van der Waals surface area contributed by atoms with E-state index in [-0.39, 0.29) is 5.91 Å². The fourth-order valence-electron chi connectivity index (χ4n) is 2.50. The number of nitrogens with one attached hydrogen (secondary N) is 3. The van der Waals surface area contributed by atoms with Crippen LogP contribution in [-0.4, -0.2) is 26.1 Å². The lowest BCUT2D eigenvalue weighted by atomic mass is 10.1. The number of rotatable bonds is 2. The van der Waals surface area contributed by atoms with E-state index in [1.165, 1.54) is 0 Å². The molecule has 0 spiro atoms. The van der Waals surface area contributed by atoms with Gasteiger partial charge >= 0.3 is 0 Å². The van der Waals surface area contributed by atoms with Gasteiger partial charge in [0, 0.05) is 29.7 Å². The van der Waals surface area contributed by atoms with E-state index in [4.69, 9.17) is 0 Å². The quantitative estimate of drug-likeness (QED) is 0.668. The smallest absolute Gasteiger partial charge is 0.256 e. The van der Waals surface area contributed by atoms with Crippen molar-refractivity contribution in [3.05, 3.63) is 60.2 Å². The first-order chi connectivity index (χ1) is 10.8. The summed E-state index contributed by atoms with van der Waals surface area (Å²) >= 11 is 0. The number of carbonyl (C=O) groups excluding carboxylic acids is 1. The van der Waals surface area contributed by atoms with Crippen molar-refractivity contribution in [3.63, 3.8) is 0 Å². The molecule has 108 valence electrons. The van der Waals surface area contributed by atoms with E-state index in [1.54, 1.807) is 36.9 Å². The standard InChI is InChI=1S/C15H12N6O/c22-15-10-4-2-6-17-13(10)19-14(20-15)11-8-18-21-12(11)9-3-1-5-16-7-9/h1-8,14H,(H,17,19)(H,18,21)(H,20,22)/t14-/m0/s1. The van der Waals surface area contributed by atoms with Crippen LogP contribution in [0.15, 0.2) is 49.1 Å². The van der Waals surface area contributed by atoms with E-state index in [1.807, 2.05) is 12.1 Å². The summed E-state index contributed by atoms with van der Waals surface area (Å²) in [6, 6.07) is 7.25. The maximum atomic E-state index is 12.2. The molecular formula is C15H12N6O. The van der Waals surface area contributed by atoms with Gasteiger partial charge in [-0.3, -0.25) is 14.9 Å². The topological polar surface area (TPSA) is 95.6 Å². The van der Waals surface area contributed by atoms with Crippen molar-refractivity contribution in [3.8, 4) is 11.3 Å². The average Bonchev–Trinajstić information content (AvgIpc) is 3.05. The first-order valence-electron chi connectivity index (χ1n) is 6.79. The van der Waals surface area contributed by atoms with E-state index in [2.05, 4.69) is 30.8 Å². The fraction of sp³-hybridized carbons (Fsp3) is 0.0667. The van der Waals surface area contributed by atoms with Gasteiger partial charge in [-0.15, -0.1) is 0 Å². The van der Waals surface area contributed by atoms with Crippen LogP contribution in [0.3, 0.4) is 0 Å². The van der Waals surface area contributed by atoms with Crippen molar-refractivity contribution in [1.29, 1.82) is 0 Å². The maximum absolute atomic E-state index is 12.2. The number of carbonyl (C=O) groups is 1. The minimum absolute atomic E-state index is 0.162. The van der Waals surface area contributed by atoms with Crippen LogP contribution in [0, 0.1) is 0 Å². The highest BCUT2D eigenvalue weighted by molar-refractivity contribution is 6.00. The molecule has 0 fully saturated rings. The highest BCUT2D eigenvalue weighted by Gasteiger charge is 2.27. The highest BCUT2D eigenvalue weighted by Crippen LogP contribution is 2.29. The van der Waals surface area contributed by atoms with Crippen LogP contribution in [0.4, 0.5) is 5.82 Å². The zero-order valence-corrected chi connectivity index (χ0v) is 11.4. The summed E-state index contributed by atoms with van der Waals surface area (Å²) in [5.74, 6) is 0.403. The zero-order chi connectivity index (χ0) is 14.9. The molecule has 1 aliphatic rings. The first-order valence-corrected chi connectivity index (χ1v) is 6.79. The van der Waals surface area contributed by atoms with E-state index in [9.17, 15) is 4.79 Å². The number of pyridine rings is 2. The zero-order valence-electron chi connectivity index (χ0n) is 11.4. The Morgan fingerprint density at radius 3 is 2.82 bits per heavy atom. The summed E-state index contributed by atoms with van der Waals surface area (Å²) < 4.78 is 0. The monoisotopic (exact) mass is 292 g/mol. The van der Waals surface area contributed by atoms with E-state index in [0.29, 0.717) is 11.4 Å². The van der Waals surface area contributed by atoms with Crippen LogP contribution in [0.1, 0.15) is 22.1 Å². The van der Waals surface area contributed by atoms with Crippen LogP contribution in [0.2, 0.25) is 0 Å². The maximum Gasteiger partial charge on any atom is 0.256 e. The molecule has 1 aliphatic heterocycles. The van der Waals surface area contributed by atoms with Crippen LogP contribution in [0.5, 0.6) is 0 Å². The molecule has 1 atom stereocenters. The van der Waals surface area contributed by atoms with Gasteiger partial charge in [-0.2, -0.15) is 5.10 Å². The molecule has 4 rings (SSSR count). The van der Waals surface area contributed by atoms with Crippen LogP contribution < -0.4 is 10.6 Å². The summed E-state index contributed by atoms with van der Waals surface area (Å²) in [6.45, 7) is 0. The molecule has 0 aromatic carbocycles. The number of aromatic amines is 1. The summed E-state index contributed by atoms with van der Waals surface area (Å²) in [6.07, 6.45) is 6.39. The van der Waals surface area contributed by atoms with Gasteiger partial charge < -0.3 is 10.6 Å². The Bertz CT molecular complexity index is 829. The Labute approximate surface area is 125 Å². The normalized spacial score (nSPS) is 16.5. The molecule has 0 saturated heterocycles. The minimum atomic E-state index is -0.399. The molecule has 7 nitrogen and oxygen atoms in total. The number of anilines is 1. The van der Waals surface area contributed by atoms with Crippen molar-refractivity contribution in [1.82, 2.24) is 25.5 Å². The fourth-order valence-corrected chi connectivity index (χ4v) is 2.50. The van der Waals surface area contributed by atoms with Crippen LogP contribution in [-0.2, 0) is 0 Å². The Kier molecular flexibility index (Phi) is 2.82. The largest absolute Gasteiger partial charge is 0.345 e. The van der Waals surface area contributed by atoms with Crippen molar-refractivity contribution in [2.45, 2.75) is 6.17 Å². The van der Waals surface area contributed by atoms with Crippen molar-refractivity contribution in [2.75, 3.05) is 5.32 Å². The van der Waals surface area contributed by atoms with Gasteiger partial charge in [-0.1, -0.05) is 0 Å². The SMILES string of the molecule is O=C1N[C@@H](c2cn[nH]c2-c2cccnc2)Nc2ncccc21. The molecule has 7 heteroatoms. The lowest BCUT2D eigenvalue weighted by Gasteiger charge is -2.26. The predicted molar refractivity (Wildman–Crippen MR) is 79.9 cm³/mol. The van der Waals surface area contributed by atoms with Crippen LogP contribution >= 0.6 is 0 Å².